The number of nitrogens with zero attached hydrogens (tertiary/aromatic N) is 1. The van der Waals surface area contributed by atoms with Gasteiger partial charge >= 0.3 is 5.97 Å². The Morgan fingerprint density at radius 3 is 2.44 bits per heavy atom. The first-order valence-corrected chi connectivity index (χ1v) is 8.03. The second kappa shape index (κ2) is 5.54. The first-order valence-electron chi connectivity index (χ1n) is 6.42. The van der Waals surface area contributed by atoms with E-state index < -0.39 is 21.7 Å². The summed E-state index contributed by atoms with van der Waals surface area (Å²) in [7, 11) is -3.62. The van der Waals surface area contributed by atoms with Gasteiger partial charge in [-0.05, 0) is 38.1 Å². The highest BCUT2D eigenvalue weighted by atomic mass is 32.2. The normalized spacial score (nSPS) is 27.4. The molecule has 2 aliphatic rings. The van der Waals surface area contributed by atoms with Crippen LogP contribution in [0.1, 0.15) is 25.7 Å². The van der Waals surface area contributed by atoms with Crippen molar-refractivity contribution in [1.82, 2.24) is 9.62 Å². The molecular formula is C11H20N2O4S. The minimum absolute atomic E-state index is 0.457. The zero-order valence-electron chi connectivity index (χ0n) is 10.3. The first-order chi connectivity index (χ1) is 8.49. The van der Waals surface area contributed by atoms with E-state index in [2.05, 4.69) is 5.32 Å². The molecule has 0 aromatic carbocycles. The largest absolute Gasteiger partial charge is 0.480 e. The van der Waals surface area contributed by atoms with Crippen molar-refractivity contribution in [2.24, 2.45) is 5.92 Å². The quantitative estimate of drug-likeness (QED) is 0.746. The van der Waals surface area contributed by atoms with Crippen LogP contribution in [0.5, 0.6) is 0 Å². The van der Waals surface area contributed by atoms with Gasteiger partial charge in [0, 0.05) is 19.1 Å². The second-order valence-corrected chi connectivity index (χ2v) is 7.06. The third-order valence-electron chi connectivity index (χ3n) is 3.87. The summed E-state index contributed by atoms with van der Waals surface area (Å²) >= 11 is 0. The molecule has 0 radical (unpaired) electrons. The zero-order chi connectivity index (χ0) is 13.2. The van der Waals surface area contributed by atoms with Gasteiger partial charge in [0.15, 0.2) is 5.75 Å². The van der Waals surface area contributed by atoms with Gasteiger partial charge in [0.05, 0.1) is 0 Å². The minimum atomic E-state index is -3.62. The van der Waals surface area contributed by atoms with Crippen LogP contribution < -0.4 is 5.32 Å². The summed E-state index contributed by atoms with van der Waals surface area (Å²) in [6.45, 7) is 1.97. The maximum absolute atomic E-state index is 11.8. The van der Waals surface area contributed by atoms with Crippen LogP contribution in [0.15, 0.2) is 0 Å². The van der Waals surface area contributed by atoms with Crippen LogP contribution in [0.3, 0.4) is 0 Å². The minimum Gasteiger partial charge on any atom is -0.480 e. The SMILES string of the molecule is O=C(O)CS(=O)(=O)N1CCC(C2CCCN2)CC1. The predicted octanol–water partition coefficient (Wildman–Crippen LogP) is -0.135. The van der Waals surface area contributed by atoms with Gasteiger partial charge in [-0.3, -0.25) is 4.79 Å². The number of sulfonamides is 1. The van der Waals surface area contributed by atoms with E-state index in [0.717, 1.165) is 19.4 Å². The summed E-state index contributed by atoms with van der Waals surface area (Å²) in [4.78, 5) is 10.5. The molecule has 1 atom stereocenters. The van der Waals surface area contributed by atoms with E-state index in [1.165, 1.54) is 17.1 Å². The fourth-order valence-corrected chi connectivity index (χ4v) is 4.18. The smallest absolute Gasteiger partial charge is 0.320 e. The second-order valence-electron chi connectivity index (χ2n) is 5.09. The molecule has 0 saturated carbocycles. The molecule has 0 amide bonds. The molecule has 0 aromatic rings. The number of aliphatic carboxylic acids is 1. The van der Waals surface area contributed by atoms with Crippen LogP contribution in [0.25, 0.3) is 0 Å². The first kappa shape index (κ1) is 13.8. The molecular weight excluding hydrogens is 256 g/mol. The fourth-order valence-electron chi connectivity index (χ4n) is 2.92. The van der Waals surface area contributed by atoms with Gasteiger partial charge < -0.3 is 10.4 Å². The Balaban J connectivity index is 1.87. The van der Waals surface area contributed by atoms with Gasteiger partial charge in [-0.15, -0.1) is 0 Å². The summed E-state index contributed by atoms with van der Waals surface area (Å²) < 4.78 is 24.8. The standard InChI is InChI=1S/C11H20N2O4S/c14-11(15)8-18(16,17)13-6-3-9(4-7-13)10-2-1-5-12-10/h9-10,12H,1-8H2,(H,14,15). The van der Waals surface area contributed by atoms with Gasteiger partial charge in [-0.1, -0.05) is 0 Å². The summed E-state index contributed by atoms with van der Waals surface area (Å²) in [5.74, 6) is -1.54. The van der Waals surface area contributed by atoms with E-state index in [0.29, 0.717) is 25.0 Å². The highest BCUT2D eigenvalue weighted by Gasteiger charge is 2.33. The molecule has 2 rings (SSSR count). The molecule has 0 bridgehead atoms. The highest BCUT2D eigenvalue weighted by molar-refractivity contribution is 7.89. The maximum Gasteiger partial charge on any atom is 0.320 e. The van der Waals surface area contributed by atoms with Crippen molar-refractivity contribution in [2.45, 2.75) is 31.7 Å². The highest BCUT2D eigenvalue weighted by Crippen LogP contribution is 2.26. The molecule has 2 N–H and O–H groups in total. The lowest BCUT2D eigenvalue weighted by Gasteiger charge is -2.33. The average molecular weight is 276 g/mol. The molecule has 104 valence electrons. The Morgan fingerprint density at radius 1 is 1.28 bits per heavy atom. The number of carbonyl (C=O) groups is 1. The van der Waals surface area contributed by atoms with Crippen molar-refractivity contribution in [3.8, 4) is 0 Å². The Hall–Kier alpha value is -0.660. The van der Waals surface area contributed by atoms with Crippen LogP contribution >= 0.6 is 0 Å². The maximum atomic E-state index is 11.8. The van der Waals surface area contributed by atoms with Crippen LogP contribution in [-0.4, -0.2) is 55.2 Å². The van der Waals surface area contributed by atoms with Crippen LogP contribution in [0, 0.1) is 5.92 Å². The lowest BCUT2D eigenvalue weighted by molar-refractivity contribution is -0.134. The van der Waals surface area contributed by atoms with Crippen molar-refractivity contribution < 1.29 is 18.3 Å². The van der Waals surface area contributed by atoms with E-state index >= 15 is 0 Å². The van der Waals surface area contributed by atoms with Gasteiger partial charge in [-0.2, -0.15) is 0 Å². The summed E-state index contributed by atoms with van der Waals surface area (Å²) in [6, 6.07) is 0.523. The molecule has 0 spiro atoms. The Labute approximate surface area is 107 Å². The molecule has 7 heteroatoms. The molecule has 18 heavy (non-hydrogen) atoms. The monoisotopic (exact) mass is 276 g/mol. The molecule has 2 aliphatic heterocycles. The van der Waals surface area contributed by atoms with E-state index in [9.17, 15) is 13.2 Å². The van der Waals surface area contributed by atoms with Crippen molar-refractivity contribution in [3.63, 3.8) is 0 Å². The molecule has 1 unspecified atom stereocenters. The number of hydrogen-bond donors (Lipinski definition) is 2. The van der Waals surface area contributed by atoms with Crippen molar-refractivity contribution in [1.29, 1.82) is 0 Å². The molecule has 2 heterocycles. The van der Waals surface area contributed by atoms with Crippen molar-refractivity contribution in [3.05, 3.63) is 0 Å². The van der Waals surface area contributed by atoms with Crippen molar-refractivity contribution in [2.75, 3.05) is 25.4 Å². The van der Waals surface area contributed by atoms with Gasteiger partial charge in [0.1, 0.15) is 0 Å². The Kier molecular flexibility index (Phi) is 4.24. The third kappa shape index (κ3) is 3.21. The van der Waals surface area contributed by atoms with Crippen molar-refractivity contribution >= 4 is 16.0 Å². The Bertz CT molecular complexity index is 395. The molecule has 0 aliphatic carbocycles. The number of piperidine rings is 1. The summed E-state index contributed by atoms with van der Waals surface area (Å²) in [6.07, 6.45) is 4.03. The van der Waals surface area contributed by atoms with Crippen LogP contribution in [0.2, 0.25) is 0 Å². The fraction of sp³-hybridized carbons (Fsp3) is 0.909. The topological polar surface area (TPSA) is 86.7 Å². The van der Waals surface area contributed by atoms with Crippen LogP contribution in [0.4, 0.5) is 0 Å². The summed E-state index contributed by atoms with van der Waals surface area (Å²) in [5.41, 5.74) is 0. The number of carboxylic acid groups (broad SMARTS) is 1. The summed E-state index contributed by atoms with van der Waals surface area (Å²) in [5, 5.41) is 12.0. The van der Waals surface area contributed by atoms with E-state index in [1.807, 2.05) is 0 Å². The number of carboxylic acids is 1. The molecule has 0 aromatic heterocycles. The number of nitrogens with one attached hydrogen (secondary N) is 1. The van der Waals surface area contributed by atoms with Gasteiger partial charge in [-0.25, -0.2) is 12.7 Å². The average Bonchev–Trinajstić information content (AvgIpc) is 2.81. The molecule has 6 nitrogen and oxygen atoms in total. The van der Waals surface area contributed by atoms with Gasteiger partial charge in [0.25, 0.3) is 0 Å². The lowest BCUT2D eigenvalue weighted by Crippen LogP contribution is -2.44. The predicted molar refractivity (Wildman–Crippen MR) is 66.7 cm³/mol. The Morgan fingerprint density at radius 2 is 1.94 bits per heavy atom. The number of rotatable bonds is 4. The third-order valence-corrected chi connectivity index (χ3v) is 5.63. The lowest BCUT2D eigenvalue weighted by atomic mass is 9.89. The van der Waals surface area contributed by atoms with E-state index in [1.54, 1.807) is 0 Å². The molecule has 2 fully saturated rings. The molecule has 2 saturated heterocycles. The zero-order valence-corrected chi connectivity index (χ0v) is 11.2. The van der Waals surface area contributed by atoms with E-state index in [-0.39, 0.29) is 0 Å². The van der Waals surface area contributed by atoms with E-state index in [4.69, 9.17) is 5.11 Å². The number of hydrogen-bond acceptors (Lipinski definition) is 4. The van der Waals surface area contributed by atoms with Gasteiger partial charge in [0.2, 0.25) is 10.0 Å². The van der Waals surface area contributed by atoms with Crippen LogP contribution in [-0.2, 0) is 14.8 Å².